The van der Waals surface area contributed by atoms with E-state index in [-0.39, 0.29) is 28.5 Å². The molecule has 1 aromatic rings. The predicted octanol–water partition coefficient (Wildman–Crippen LogP) is 2.66. The third kappa shape index (κ3) is 4.65. The van der Waals surface area contributed by atoms with E-state index in [1.165, 1.54) is 17.5 Å². The van der Waals surface area contributed by atoms with Crippen LogP contribution in [0.2, 0.25) is 5.02 Å². The summed E-state index contributed by atoms with van der Waals surface area (Å²) in [6.45, 7) is 4.58. The van der Waals surface area contributed by atoms with E-state index in [4.69, 9.17) is 16.3 Å². The van der Waals surface area contributed by atoms with Crippen LogP contribution in [-0.4, -0.2) is 44.9 Å². The maximum atomic E-state index is 12.9. The number of ether oxygens (including phenoxy) is 1. The quantitative estimate of drug-likeness (QED) is 0.812. The monoisotopic (exact) mass is 388 g/mol. The fraction of sp³-hybridized carbons (Fsp3) is 0.588. The summed E-state index contributed by atoms with van der Waals surface area (Å²) in [7, 11) is -2.29. The number of methoxy groups -OCH3 is 1. The van der Waals surface area contributed by atoms with Gasteiger partial charge in [-0.1, -0.05) is 18.5 Å². The summed E-state index contributed by atoms with van der Waals surface area (Å²) in [4.78, 5) is 12.3. The lowest BCUT2D eigenvalue weighted by molar-refractivity contribution is -0.126. The van der Waals surface area contributed by atoms with Crippen molar-refractivity contribution in [2.75, 3.05) is 20.2 Å². The minimum Gasteiger partial charge on any atom is -0.495 e. The molecule has 0 unspecified atom stereocenters. The van der Waals surface area contributed by atoms with Crippen LogP contribution in [-0.2, 0) is 14.8 Å². The zero-order valence-electron chi connectivity index (χ0n) is 14.8. The van der Waals surface area contributed by atoms with E-state index in [9.17, 15) is 13.2 Å². The topological polar surface area (TPSA) is 75.7 Å². The van der Waals surface area contributed by atoms with Gasteiger partial charge in [-0.2, -0.15) is 4.31 Å². The molecule has 1 fully saturated rings. The Morgan fingerprint density at radius 1 is 1.40 bits per heavy atom. The Bertz CT molecular complexity index is 715. The molecule has 1 aliphatic heterocycles. The first-order chi connectivity index (χ1) is 11.8. The summed E-state index contributed by atoms with van der Waals surface area (Å²) in [6.07, 6.45) is 1.88. The Labute approximate surface area is 154 Å². The standard InChI is InChI=1S/C17H25ClN2O4S/c1-4-12(2)19-17(21)13-7-9-20(10-8-13)25(22,23)16-11-14(18)5-6-15(16)24-3/h5-6,11-13H,4,7-10H2,1-3H3,(H,19,21)/t12-/m0/s1. The average Bonchev–Trinajstić information content (AvgIpc) is 2.61. The minimum absolute atomic E-state index is 0.00624. The molecule has 0 bridgehead atoms. The molecule has 0 aromatic heterocycles. The summed E-state index contributed by atoms with van der Waals surface area (Å²) in [6, 6.07) is 4.66. The maximum Gasteiger partial charge on any atom is 0.246 e. The van der Waals surface area contributed by atoms with Crippen molar-refractivity contribution in [1.82, 2.24) is 9.62 Å². The lowest BCUT2D eigenvalue weighted by Gasteiger charge is -2.31. The zero-order valence-corrected chi connectivity index (χ0v) is 16.4. The molecule has 6 nitrogen and oxygen atoms in total. The number of hydrogen-bond donors (Lipinski definition) is 1. The highest BCUT2D eigenvalue weighted by molar-refractivity contribution is 7.89. The Morgan fingerprint density at radius 3 is 2.60 bits per heavy atom. The van der Waals surface area contributed by atoms with Crippen molar-refractivity contribution >= 4 is 27.5 Å². The van der Waals surface area contributed by atoms with Gasteiger partial charge in [-0.3, -0.25) is 4.79 Å². The molecule has 8 heteroatoms. The number of nitrogens with zero attached hydrogens (tertiary/aromatic N) is 1. The number of rotatable bonds is 6. The fourth-order valence-corrected chi connectivity index (χ4v) is 4.70. The lowest BCUT2D eigenvalue weighted by atomic mass is 9.97. The molecule has 1 aliphatic rings. The van der Waals surface area contributed by atoms with Gasteiger partial charge in [0.1, 0.15) is 10.6 Å². The summed E-state index contributed by atoms with van der Waals surface area (Å²) in [5.74, 6) is 0.120. The van der Waals surface area contributed by atoms with Gasteiger partial charge in [-0.25, -0.2) is 8.42 Å². The highest BCUT2D eigenvalue weighted by atomic mass is 35.5. The Hall–Kier alpha value is -1.31. The molecule has 1 N–H and O–H groups in total. The van der Waals surface area contributed by atoms with Crippen molar-refractivity contribution in [3.8, 4) is 5.75 Å². The molecule has 1 amide bonds. The third-order valence-electron chi connectivity index (χ3n) is 4.57. The van der Waals surface area contributed by atoms with Gasteiger partial charge in [0.25, 0.3) is 0 Å². The number of amides is 1. The molecule has 0 radical (unpaired) electrons. The number of carbonyl (C=O) groups excluding carboxylic acids is 1. The van der Waals surface area contributed by atoms with Crippen molar-refractivity contribution in [2.24, 2.45) is 5.92 Å². The summed E-state index contributed by atoms with van der Waals surface area (Å²) >= 11 is 5.95. The number of benzene rings is 1. The second kappa shape index (κ2) is 8.38. The van der Waals surface area contributed by atoms with Crippen LogP contribution < -0.4 is 10.1 Å². The Morgan fingerprint density at radius 2 is 2.04 bits per heavy atom. The van der Waals surface area contributed by atoms with Gasteiger partial charge in [-0.05, 0) is 44.4 Å². The first kappa shape index (κ1) is 20.0. The number of piperidine rings is 1. The van der Waals surface area contributed by atoms with Crippen molar-refractivity contribution in [3.63, 3.8) is 0 Å². The van der Waals surface area contributed by atoms with Crippen molar-refractivity contribution < 1.29 is 17.9 Å². The first-order valence-corrected chi connectivity index (χ1v) is 10.3. The second-order valence-corrected chi connectivity index (χ2v) is 8.63. The van der Waals surface area contributed by atoms with Gasteiger partial charge in [0, 0.05) is 30.1 Å². The molecular formula is C17H25ClN2O4S. The van der Waals surface area contributed by atoms with Gasteiger partial charge >= 0.3 is 0 Å². The molecule has 0 saturated carbocycles. The number of halogens is 1. The van der Waals surface area contributed by atoms with E-state index in [2.05, 4.69) is 5.32 Å². The summed E-state index contributed by atoms with van der Waals surface area (Å²) < 4.78 is 32.4. The highest BCUT2D eigenvalue weighted by Gasteiger charge is 2.34. The molecule has 1 aromatic carbocycles. The normalized spacial score (nSPS) is 17.9. The fourth-order valence-electron chi connectivity index (χ4n) is 2.81. The lowest BCUT2D eigenvalue weighted by Crippen LogP contribution is -2.44. The zero-order chi connectivity index (χ0) is 18.6. The molecular weight excluding hydrogens is 364 g/mol. The SMILES string of the molecule is CC[C@H](C)NC(=O)C1CCN(S(=O)(=O)c2cc(Cl)ccc2OC)CC1. The van der Waals surface area contributed by atoms with E-state index in [1.54, 1.807) is 12.1 Å². The van der Waals surface area contributed by atoms with Crippen LogP contribution in [0.15, 0.2) is 23.1 Å². The number of nitrogens with one attached hydrogen (secondary N) is 1. The van der Waals surface area contributed by atoms with E-state index in [0.29, 0.717) is 31.0 Å². The smallest absolute Gasteiger partial charge is 0.246 e. The van der Waals surface area contributed by atoms with Gasteiger partial charge in [-0.15, -0.1) is 0 Å². The van der Waals surface area contributed by atoms with Crippen LogP contribution in [0.5, 0.6) is 5.75 Å². The Balaban J connectivity index is 2.09. The van der Waals surface area contributed by atoms with Crippen LogP contribution in [0.25, 0.3) is 0 Å². The van der Waals surface area contributed by atoms with E-state index >= 15 is 0 Å². The molecule has 25 heavy (non-hydrogen) atoms. The summed E-state index contributed by atoms with van der Waals surface area (Å²) in [5.41, 5.74) is 0. The van der Waals surface area contributed by atoms with Gasteiger partial charge in [0.2, 0.25) is 15.9 Å². The molecule has 0 aliphatic carbocycles. The molecule has 1 heterocycles. The van der Waals surface area contributed by atoms with E-state index in [0.717, 1.165) is 6.42 Å². The minimum atomic E-state index is -3.71. The van der Waals surface area contributed by atoms with E-state index in [1.807, 2.05) is 13.8 Å². The van der Waals surface area contributed by atoms with Gasteiger partial charge in [0.15, 0.2) is 0 Å². The second-order valence-electron chi connectivity index (χ2n) is 6.29. The van der Waals surface area contributed by atoms with Crippen LogP contribution in [0, 0.1) is 5.92 Å². The molecule has 1 atom stereocenters. The molecule has 1 saturated heterocycles. The molecule has 2 rings (SSSR count). The largest absolute Gasteiger partial charge is 0.495 e. The number of carbonyl (C=O) groups is 1. The van der Waals surface area contributed by atoms with Crippen LogP contribution >= 0.6 is 11.6 Å². The van der Waals surface area contributed by atoms with Crippen molar-refractivity contribution in [1.29, 1.82) is 0 Å². The maximum absolute atomic E-state index is 12.9. The van der Waals surface area contributed by atoms with Gasteiger partial charge < -0.3 is 10.1 Å². The van der Waals surface area contributed by atoms with Crippen LogP contribution in [0.1, 0.15) is 33.1 Å². The highest BCUT2D eigenvalue weighted by Crippen LogP contribution is 2.31. The number of hydrogen-bond acceptors (Lipinski definition) is 4. The van der Waals surface area contributed by atoms with Crippen LogP contribution in [0.3, 0.4) is 0 Å². The van der Waals surface area contributed by atoms with Gasteiger partial charge in [0.05, 0.1) is 7.11 Å². The average molecular weight is 389 g/mol. The third-order valence-corrected chi connectivity index (χ3v) is 6.72. The first-order valence-electron chi connectivity index (χ1n) is 8.43. The van der Waals surface area contributed by atoms with Crippen molar-refractivity contribution in [2.45, 2.75) is 44.0 Å². The number of sulfonamides is 1. The molecule has 140 valence electrons. The van der Waals surface area contributed by atoms with Crippen LogP contribution in [0.4, 0.5) is 0 Å². The van der Waals surface area contributed by atoms with Crippen molar-refractivity contribution in [3.05, 3.63) is 23.2 Å². The molecule has 0 spiro atoms. The summed E-state index contributed by atoms with van der Waals surface area (Å²) in [5, 5.41) is 3.30. The van der Waals surface area contributed by atoms with E-state index < -0.39 is 10.0 Å². The Kier molecular flexibility index (Phi) is 6.71. The predicted molar refractivity (Wildman–Crippen MR) is 97.4 cm³/mol.